The second-order valence-corrected chi connectivity index (χ2v) is 14.1. The molecule has 50 heavy (non-hydrogen) atoms. The number of imidazole rings is 1. The van der Waals surface area contributed by atoms with Gasteiger partial charge in [-0.05, 0) is 37.8 Å². The zero-order valence-electron chi connectivity index (χ0n) is 32.8. The van der Waals surface area contributed by atoms with Gasteiger partial charge in [-0.1, -0.05) is 206 Å². The fraction of sp³-hybridized carbons (Fsp3) is 0.791. The van der Waals surface area contributed by atoms with Gasteiger partial charge in [0.05, 0.1) is 17.4 Å². The third kappa shape index (κ3) is 39.0. The van der Waals surface area contributed by atoms with Gasteiger partial charge in [-0.15, -0.1) is 0 Å². The quantitative estimate of drug-likeness (QED) is 0.0591. The first-order valence-electron chi connectivity index (χ1n) is 20.8. The molecular formula is C43H76N2O4Zn. The van der Waals surface area contributed by atoms with Gasteiger partial charge in [0.1, 0.15) is 0 Å². The molecule has 284 valence electrons. The molecule has 1 aromatic heterocycles. The third-order valence-electron chi connectivity index (χ3n) is 9.30. The van der Waals surface area contributed by atoms with E-state index in [1.54, 1.807) is 6.33 Å². The molecule has 0 aliphatic heterocycles. The van der Waals surface area contributed by atoms with Gasteiger partial charge >= 0.3 is 19.5 Å². The van der Waals surface area contributed by atoms with Gasteiger partial charge in [-0.2, -0.15) is 0 Å². The van der Waals surface area contributed by atoms with Crippen LogP contribution in [0.3, 0.4) is 0 Å². The van der Waals surface area contributed by atoms with E-state index in [2.05, 4.69) is 23.8 Å². The van der Waals surface area contributed by atoms with Crippen LogP contribution in [0.5, 0.6) is 0 Å². The van der Waals surface area contributed by atoms with Crippen LogP contribution in [-0.2, 0) is 29.1 Å². The van der Waals surface area contributed by atoms with E-state index in [-0.39, 0.29) is 32.3 Å². The van der Waals surface area contributed by atoms with E-state index in [0.717, 1.165) is 36.7 Å². The van der Waals surface area contributed by atoms with E-state index in [1.165, 1.54) is 167 Å². The maximum absolute atomic E-state index is 10.2. The Kier molecular flexibility index (Phi) is 42.0. The summed E-state index contributed by atoms with van der Waals surface area (Å²) in [5, 5.41) is 20.4. The van der Waals surface area contributed by atoms with Crippen molar-refractivity contribution >= 4 is 23.0 Å². The van der Waals surface area contributed by atoms with Crippen LogP contribution in [-0.4, -0.2) is 21.9 Å². The van der Waals surface area contributed by atoms with Gasteiger partial charge in [0.15, 0.2) is 0 Å². The molecule has 0 spiro atoms. The third-order valence-corrected chi connectivity index (χ3v) is 9.30. The smallest absolute Gasteiger partial charge is 0.550 e. The molecule has 7 heteroatoms. The normalized spacial score (nSPS) is 10.5. The molecule has 2 rings (SSSR count). The molecule has 0 saturated heterocycles. The second-order valence-electron chi connectivity index (χ2n) is 14.1. The number of aromatic amines is 1. The van der Waals surface area contributed by atoms with Crippen LogP contribution < -0.4 is 10.2 Å². The fourth-order valence-corrected chi connectivity index (χ4v) is 6.16. The van der Waals surface area contributed by atoms with Crippen molar-refractivity contribution in [2.75, 3.05) is 0 Å². The fourth-order valence-electron chi connectivity index (χ4n) is 6.16. The molecule has 0 aliphatic carbocycles. The van der Waals surface area contributed by atoms with E-state index in [1.807, 2.05) is 24.3 Å². The largest absolute Gasteiger partial charge is 2.00 e. The number of aliphatic carboxylic acids is 2. The maximum atomic E-state index is 10.2. The summed E-state index contributed by atoms with van der Waals surface area (Å²) >= 11 is 0. The number of hydrogen-bond acceptors (Lipinski definition) is 5. The summed E-state index contributed by atoms with van der Waals surface area (Å²) in [5.41, 5.74) is 2.12. The van der Waals surface area contributed by atoms with Gasteiger partial charge in [-0.3, -0.25) is 0 Å². The predicted octanol–water partition coefficient (Wildman–Crippen LogP) is 11.6. The minimum absolute atomic E-state index is 0. The Hall–Kier alpha value is -1.75. The number of nitrogens with one attached hydrogen (secondary N) is 1. The molecule has 0 unspecified atom stereocenters. The molecule has 2 aromatic rings. The molecule has 1 N–H and O–H groups in total. The van der Waals surface area contributed by atoms with E-state index >= 15 is 0 Å². The molecule has 0 saturated carbocycles. The van der Waals surface area contributed by atoms with Gasteiger partial charge in [-0.25, -0.2) is 4.98 Å². The Morgan fingerprint density at radius 3 is 1.04 bits per heavy atom. The summed E-state index contributed by atoms with van der Waals surface area (Å²) in [4.78, 5) is 27.5. The van der Waals surface area contributed by atoms with Gasteiger partial charge < -0.3 is 24.8 Å². The van der Waals surface area contributed by atoms with E-state index in [4.69, 9.17) is 0 Å². The molecule has 0 fully saturated rings. The Labute approximate surface area is 320 Å². The van der Waals surface area contributed by atoms with E-state index in [9.17, 15) is 19.8 Å². The standard InChI is InChI=1S/2C18H36O2.C7H6N2.Zn/c2*1-2-3-4-5-6-7-8-9-10-11-12-13-14-15-16-17-18(19)20;1-2-4-7-6(3-1)8-5-9-7;/h2*2-17H2,1H3,(H,19,20);1-5H,(H,8,9);/q;;;+2/p-2. The van der Waals surface area contributed by atoms with Crippen molar-refractivity contribution in [3.63, 3.8) is 0 Å². The number of para-hydroxylation sites is 2. The van der Waals surface area contributed by atoms with Gasteiger partial charge in [0, 0.05) is 11.9 Å². The number of aromatic nitrogens is 2. The summed E-state index contributed by atoms with van der Waals surface area (Å²) in [7, 11) is 0. The monoisotopic (exact) mass is 749 g/mol. The van der Waals surface area contributed by atoms with E-state index < -0.39 is 11.9 Å². The molecule has 0 bridgehead atoms. The topological polar surface area (TPSA) is 109 Å². The Morgan fingerprint density at radius 2 is 0.760 bits per heavy atom. The van der Waals surface area contributed by atoms with Crippen molar-refractivity contribution in [2.45, 2.75) is 219 Å². The minimum Gasteiger partial charge on any atom is -0.550 e. The second kappa shape index (κ2) is 41.7. The minimum atomic E-state index is -0.903. The molecule has 0 radical (unpaired) electrons. The van der Waals surface area contributed by atoms with Crippen LogP contribution in [0.2, 0.25) is 0 Å². The summed E-state index contributed by atoms with van der Waals surface area (Å²) in [6.07, 6.45) is 41.4. The van der Waals surface area contributed by atoms with Gasteiger partial charge in [0.2, 0.25) is 0 Å². The van der Waals surface area contributed by atoms with Crippen molar-refractivity contribution in [1.82, 2.24) is 9.97 Å². The number of nitrogens with zero attached hydrogens (tertiary/aromatic N) is 1. The predicted molar refractivity (Wildman–Crippen MR) is 205 cm³/mol. The summed E-state index contributed by atoms with van der Waals surface area (Å²) in [5.74, 6) is -1.81. The zero-order chi connectivity index (χ0) is 35.9. The van der Waals surface area contributed by atoms with E-state index in [0.29, 0.717) is 0 Å². The van der Waals surface area contributed by atoms with Crippen LogP contribution in [0, 0.1) is 0 Å². The Balaban J connectivity index is 0. The molecule has 6 nitrogen and oxygen atoms in total. The number of carboxylic acid groups (broad SMARTS) is 2. The van der Waals surface area contributed by atoms with Crippen molar-refractivity contribution < 1.29 is 39.3 Å². The Morgan fingerprint density at radius 1 is 0.480 bits per heavy atom. The number of carbonyl (C=O) groups is 2. The maximum Gasteiger partial charge on any atom is 2.00 e. The number of benzene rings is 1. The van der Waals surface area contributed by atoms with Crippen LogP contribution in [0.25, 0.3) is 11.0 Å². The average molecular weight is 750 g/mol. The first-order valence-corrected chi connectivity index (χ1v) is 20.8. The van der Waals surface area contributed by atoms with Gasteiger partial charge in [0.25, 0.3) is 0 Å². The van der Waals surface area contributed by atoms with Crippen LogP contribution in [0.4, 0.5) is 0 Å². The summed E-state index contributed by atoms with van der Waals surface area (Å²) < 4.78 is 0. The molecule has 0 aliphatic rings. The number of H-pyrrole nitrogens is 1. The van der Waals surface area contributed by atoms with Crippen molar-refractivity contribution in [3.8, 4) is 0 Å². The summed E-state index contributed by atoms with van der Waals surface area (Å²) in [6.45, 7) is 4.53. The number of rotatable bonds is 32. The average Bonchev–Trinajstić information content (AvgIpc) is 3.58. The number of unbranched alkanes of at least 4 members (excludes halogenated alkanes) is 28. The van der Waals surface area contributed by atoms with Crippen molar-refractivity contribution in [2.24, 2.45) is 0 Å². The molecule has 1 aromatic carbocycles. The molecule has 1 heterocycles. The number of hydrogen-bond donors (Lipinski definition) is 1. The molecule has 0 amide bonds. The zero-order valence-corrected chi connectivity index (χ0v) is 35.8. The molecule has 0 atom stereocenters. The first kappa shape index (κ1) is 50.4. The number of carbonyl (C=O) groups excluding carboxylic acids is 2. The summed E-state index contributed by atoms with van der Waals surface area (Å²) in [6, 6.07) is 7.94. The first-order chi connectivity index (χ1) is 24.0. The SMILES string of the molecule is CCCCCCCCCCCCCCCCCC(=O)[O-].CCCCCCCCCCCCCCCCCC(=O)[O-].[Zn+2].c1ccc2[nH]cnc2c1. The van der Waals surface area contributed by atoms with Crippen molar-refractivity contribution in [3.05, 3.63) is 30.6 Å². The number of carboxylic acids is 2. The molecular weight excluding hydrogens is 674 g/mol. The number of fused-ring (bicyclic) bond motifs is 1. The van der Waals surface area contributed by atoms with Crippen LogP contribution in [0.15, 0.2) is 30.6 Å². The van der Waals surface area contributed by atoms with Crippen LogP contribution >= 0.6 is 0 Å². The van der Waals surface area contributed by atoms with Crippen molar-refractivity contribution in [1.29, 1.82) is 0 Å². The van der Waals surface area contributed by atoms with Crippen LogP contribution in [0.1, 0.15) is 219 Å². The Bertz CT molecular complexity index is 893.